The standard InChI is InChI=1S/C21H14ClF3N2O6S/c22-14-6-11(4-5-15(14)33-10-18(29)30)7-16-19(31)27(20(32)34-16)9-17(28)26-13-3-1-2-12(8-13)21(23,24)25/h1-8H,9-10H2,(H,26,28)(H,29,30)/b16-7-. The number of rotatable bonds is 7. The van der Waals surface area contributed by atoms with Gasteiger partial charge in [-0.3, -0.25) is 19.3 Å². The van der Waals surface area contributed by atoms with E-state index in [9.17, 15) is 32.3 Å². The van der Waals surface area contributed by atoms with E-state index in [2.05, 4.69) is 5.32 Å². The molecule has 8 nitrogen and oxygen atoms in total. The molecule has 178 valence electrons. The van der Waals surface area contributed by atoms with Gasteiger partial charge in [0.25, 0.3) is 11.1 Å². The molecule has 0 atom stereocenters. The highest BCUT2D eigenvalue weighted by Crippen LogP contribution is 2.34. The molecule has 2 aromatic carbocycles. The van der Waals surface area contributed by atoms with Gasteiger partial charge in [-0.05, 0) is 53.7 Å². The Hall–Kier alpha value is -3.51. The minimum absolute atomic E-state index is 0.00728. The molecule has 1 aliphatic rings. The summed E-state index contributed by atoms with van der Waals surface area (Å²) in [5.41, 5.74) is -0.689. The van der Waals surface area contributed by atoms with E-state index in [1.807, 2.05) is 0 Å². The maximum atomic E-state index is 12.8. The number of carboxylic acid groups (broad SMARTS) is 1. The van der Waals surface area contributed by atoms with Gasteiger partial charge in [0.15, 0.2) is 6.61 Å². The van der Waals surface area contributed by atoms with Gasteiger partial charge in [0.1, 0.15) is 12.3 Å². The van der Waals surface area contributed by atoms with Gasteiger partial charge in [-0.25, -0.2) is 4.79 Å². The normalized spacial score (nSPS) is 15.1. The predicted molar refractivity (Wildman–Crippen MR) is 117 cm³/mol. The summed E-state index contributed by atoms with van der Waals surface area (Å²) >= 11 is 6.61. The molecule has 0 radical (unpaired) electrons. The Morgan fingerprint density at radius 1 is 1.18 bits per heavy atom. The average Bonchev–Trinajstić information content (AvgIpc) is 3.00. The van der Waals surface area contributed by atoms with Crippen LogP contribution in [0.5, 0.6) is 5.75 Å². The molecular weight excluding hydrogens is 501 g/mol. The molecule has 34 heavy (non-hydrogen) atoms. The highest BCUT2D eigenvalue weighted by atomic mass is 35.5. The largest absolute Gasteiger partial charge is 0.480 e. The molecule has 3 rings (SSSR count). The van der Waals surface area contributed by atoms with Crippen molar-refractivity contribution in [2.24, 2.45) is 0 Å². The van der Waals surface area contributed by atoms with Crippen LogP contribution in [0.1, 0.15) is 11.1 Å². The lowest BCUT2D eigenvalue weighted by atomic mass is 10.2. The highest BCUT2D eigenvalue weighted by molar-refractivity contribution is 8.18. The number of carbonyl (C=O) groups excluding carboxylic acids is 3. The van der Waals surface area contributed by atoms with Crippen LogP contribution >= 0.6 is 23.4 Å². The first kappa shape index (κ1) is 25.1. The number of nitrogens with zero attached hydrogens (tertiary/aromatic N) is 1. The summed E-state index contributed by atoms with van der Waals surface area (Å²) < 4.78 is 43.5. The molecule has 2 N–H and O–H groups in total. The monoisotopic (exact) mass is 514 g/mol. The third kappa shape index (κ3) is 6.29. The summed E-state index contributed by atoms with van der Waals surface area (Å²) in [4.78, 5) is 48.3. The second-order valence-corrected chi connectivity index (χ2v) is 8.17. The summed E-state index contributed by atoms with van der Waals surface area (Å²) in [7, 11) is 0. The van der Waals surface area contributed by atoms with E-state index in [0.29, 0.717) is 22.2 Å². The molecule has 1 saturated heterocycles. The zero-order valence-corrected chi connectivity index (χ0v) is 18.5. The molecule has 1 aliphatic heterocycles. The van der Waals surface area contributed by atoms with E-state index in [0.717, 1.165) is 18.2 Å². The molecule has 0 spiro atoms. The Balaban J connectivity index is 1.67. The lowest BCUT2D eigenvalue weighted by molar-refractivity contribution is -0.139. The van der Waals surface area contributed by atoms with Gasteiger partial charge in [-0.15, -0.1) is 0 Å². The number of amides is 3. The van der Waals surface area contributed by atoms with Crippen LogP contribution in [0.3, 0.4) is 0 Å². The smallest absolute Gasteiger partial charge is 0.416 e. The maximum absolute atomic E-state index is 12.8. The van der Waals surface area contributed by atoms with Gasteiger partial charge < -0.3 is 15.2 Å². The number of benzene rings is 2. The van der Waals surface area contributed by atoms with Crippen LogP contribution in [0.15, 0.2) is 47.4 Å². The summed E-state index contributed by atoms with van der Waals surface area (Å²) in [6.45, 7) is -1.29. The number of alkyl halides is 3. The van der Waals surface area contributed by atoms with E-state index in [1.54, 1.807) is 0 Å². The number of anilines is 1. The molecule has 0 saturated carbocycles. The highest BCUT2D eigenvalue weighted by Gasteiger charge is 2.36. The Morgan fingerprint density at radius 3 is 2.56 bits per heavy atom. The minimum atomic E-state index is -4.60. The van der Waals surface area contributed by atoms with Crippen molar-refractivity contribution in [2.45, 2.75) is 6.18 Å². The Morgan fingerprint density at radius 2 is 1.91 bits per heavy atom. The van der Waals surface area contributed by atoms with E-state index in [-0.39, 0.29) is 21.4 Å². The Labute approximate surface area is 199 Å². The van der Waals surface area contributed by atoms with Gasteiger partial charge >= 0.3 is 12.1 Å². The molecule has 1 fully saturated rings. The van der Waals surface area contributed by atoms with Crippen LogP contribution in [0.2, 0.25) is 5.02 Å². The van der Waals surface area contributed by atoms with Crippen molar-refractivity contribution in [3.63, 3.8) is 0 Å². The van der Waals surface area contributed by atoms with Gasteiger partial charge in [0.05, 0.1) is 15.5 Å². The number of aliphatic carboxylic acids is 1. The van der Waals surface area contributed by atoms with Crippen molar-refractivity contribution in [3.05, 3.63) is 63.5 Å². The lowest BCUT2D eigenvalue weighted by Crippen LogP contribution is -2.36. The van der Waals surface area contributed by atoms with E-state index < -0.39 is 47.9 Å². The number of halogens is 4. The number of nitrogens with one attached hydrogen (secondary N) is 1. The zero-order valence-electron chi connectivity index (χ0n) is 16.9. The van der Waals surface area contributed by atoms with Crippen LogP contribution in [0, 0.1) is 0 Å². The number of ether oxygens (including phenoxy) is 1. The fraction of sp³-hybridized carbons (Fsp3) is 0.143. The number of hydrogen-bond acceptors (Lipinski definition) is 6. The molecule has 1 heterocycles. The zero-order chi connectivity index (χ0) is 25.0. The van der Waals surface area contributed by atoms with Crippen molar-refractivity contribution < 1.29 is 42.2 Å². The summed E-state index contributed by atoms with van der Waals surface area (Å²) in [6, 6.07) is 8.21. The first-order chi connectivity index (χ1) is 15.9. The number of thioether (sulfide) groups is 1. The van der Waals surface area contributed by atoms with Crippen LogP contribution in [-0.2, 0) is 20.6 Å². The molecular formula is C21H14ClF3N2O6S. The number of imide groups is 1. The molecule has 3 amide bonds. The number of carboxylic acids is 1. The molecule has 0 bridgehead atoms. The molecule has 2 aromatic rings. The first-order valence-electron chi connectivity index (χ1n) is 9.30. The topological polar surface area (TPSA) is 113 Å². The van der Waals surface area contributed by atoms with Crippen LogP contribution in [-0.4, -0.2) is 46.2 Å². The molecule has 0 aromatic heterocycles. The number of carbonyl (C=O) groups is 4. The third-order valence-corrected chi connectivity index (χ3v) is 5.46. The van der Waals surface area contributed by atoms with E-state index >= 15 is 0 Å². The average molecular weight is 515 g/mol. The number of hydrogen-bond donors (Lipinski definition) is 2. The van der Waals surface area contributed by atoms with Crippen molar-refractivity contribution >= 4 is 58.1 Å². The Kier molecular flexibility index (Phi) is 7.52. The summed E-state index contributed by atoms with van der Waals surface area (Å²) in [5.74, 6) is -2.70. The molecule has 13 heteroatoms. The van der Waals surface area contributed by atoms with Crippen molar-refractivity contribution in [3.8, 4) is 5.75 Å². The van der Waals surface area contributed by atoms with Gasteiger partial charge in [-0.2, -0.15) is 13.2 Å². The van der Waals surface area contributed by atoms with Crippen molar-refractivity contribution in [1.29, 1.82) is 0 Å². The van der Waals surface area contributed by atoms with Gasteiger partial charge in [0.2, 0.25) is 5.91 Å². The molecule has 0 unspecified atom stereocenters. The molecule has 0 aliphatic carbocycles. The van der Waals surface area contributed by atoms with E-state index in [1.165, 1.54) is 30.3 Å². The summed E-state index contributed by atoms with van der Waals surface area (Å²) in [5, 5.41) is 10.2. The first-order valence-corrected chi connectivity index (χ1v) is 10.5. The van der Waals surface area contributed by atoms with E-state index in [4.69, 9.17) is 21.4 Å². The third-order valence-electron chi connectivity index (χ3n) is 4.25. The predicted octanol–water partition coefficient (Wildman–Crippen LogP) is 4.50. The fourth-order valence-corrected chi connectivity index (χ4v) is 3.85. The summed E-state index contributed by atoms with van der Waals surface area (Å²) in [6.07, 6.45) is -3.25. The van der Waals surface area contributed by atoms with Crippen molar-refractivity contribution in [1.82, 2.24) is 4.90 Å². The van der Waals surface area contributed by atoms with Gasteiger partial charge in [-0.1, -0.05) is 23.7 Å². The van der Waals surface area contributed by atoms with Crippen LogP contribution in [0.25, 0.3) is 6.08 Å². The maximum Gasteiger partial charge on any atom is 0.416 e. The lowest BCUT2D eigenvalue weighted by Gasteiger charge is -2.13. The van der Waals surface area contributed by atoms with Crippen molar-refractivity contribution in [2.75, 3.05) is 18.5 Å². The fourth-order valence-electron chi connectivity index (χ4n) is 2.77. The van der Waals surface area contributed by atoms with Gasteiger partial charge in [0, 0.05) is 5.69 Å². The van der Waals surface area contributed by atoms with Crippen LogP contribution < -0.4 is 10.1 Å². The van der Waals surface area contributed by atoms with Crippen LogP contribution in [0.4, 0.5) is 23.7 Å². The second-order valence-electron chi connectivity index (χ2n) is 6.77. The Bertz CT molecular complexity index is 1200. The second kappa shape index (κ2) is 10.2. The minimum Gasteiger partial charge on any atom is -0.480 e. The quantitative estimate of drug-likeness (QED) is 0.523. The SMILES string of the molecule is O=C(O)COc1ccc(/C=C2\SC(=O)N(CC(=O)Nc3cccc(C(F)(F)F)c3)C2=O)cc1Cl.